The first-order chi connectivity index (χ1) is 6.29. The van der Waals surface area contributed by atoms with Gasteiger partial charge in [-0.2, -0.15) is 0 Å². The fraction of sp³-hybridized carbons (Fsp3) is 0.111. The number of fused-ring (bicyclic) bond motifs is 1. The molecule has 0 atom stereocenters. The average molecular weight is 174 g/mol. The summed E-state index contributed by atoms with van der Waals surface area (Å²) in [5.41, 5.74) is 1.51. The first kappa shape index (κ1) is 7.79. The standard InChI is InChI=1S/C9H6N2O2/c12-7-2-3-8-6(5-7)1-4-9(10-8)11-13/h1-4H,5H2. The second kappa shape index (κ2) is 2.90. The van der Waals surface area contributed by atoms with Crippen molar-refractivity contribution in [1.82, 2.24) is 4.98 Å². The minimum absolute atomic E-state index is 0.0566. The van der Waals surface area contributed by atoms with Gasteiger partial charge >= 0.3 is 0 Å². The van der Waals surface area contributed by atoms with Crippen LogP contribution in [0.25, 0.3) is 6.08 Å². The van der Waals surface area contributed by atoms with E-state index in [1.54, 1.807) is 12.1 Å². The summed E-state index contributed by atoms with van der Waals surface area (Å²) < 4.78 is 0. The van der Waals surface area contributed by atoms with Gasteiger partial charge in [0.15, 0.2) is 11.6 Å². The van der Waals surface area contributed by atoms with Gasteiger partial charge in [0.1, 0.15) is 0 Å². The molecule has 13 heavy (non-hydrogen) atoms. The molecule has 0 saturated heterocycles. The van der Waals surface area contributed by atoms with Gasteiger partial charge in [-0.1, -0.05) is 6.07 Å². The molecular formula is C9H6N2O2. The molecule has 1 heterocycles. The van der Waals surface area contributed by atoms with E-state index in [9.17, 15) is 9.70 Å². The zero-order chi connectivity index (χ0) is 9.26. The molecule has 64 valence electrons. The Morgan fingerprint density at radius 3 is 2.92 bits per heavy atom. The van der Waals surface area contributed by atoms with Gasteiger partial charge in [0.25, 0.3) is 0 Å². The van der Waals surface area contributed by atoms with Crippen LogP contribution in [0.4, 0.5) is 5.82 Å². The predicted molar refractivity (Wildman–Crippen MR) is 47.4 cm³/mol. The van der Waals surface area contributed by atoms with Gasteiger partial charge in [0.2, 0.25) is 0 Å². The quantitative estimate of drug-likeness (QED) is 0.608. The molecule has 0 spiro atoms. The maximum Gasteiger partial charge on any atom is 0.197 e. The summed E-state index contributed by atoms with van der Waals surface area (Å²) in [6.45, 7) is 0. The number of nitrogens with zero attached hydrogens (tertiary/aromatic N) is 2. The van der Waals surface area contributed by atoms with E-state index in [0.717, 1.165) is 5.56 Å². The van der Waals surface area contributed by atoms with E-state index in [2.05, 4.69) is 10.2 Å². The van der Waals surface area contributed by atoms with E-state index >= 15 is 0 Å². The van der Waals surface area contributed by atoms with Crippen LogP contribution in [0.1, 0.15) is 11.3 Å². The van der Waals surface area contributed by atoms with Crippen LogP contribution in [0.15, 0.2) is 23.4 Å². The van der Waals surface area contributed by atoms with Crippen molar-refractivity contribution in [2.24, 2.45) is 5.18 Å². The lowest BCUT2D eigenvalue weighted by Crippen LogP contribution is -2.06. The Balaban J connectivity index is 2.51. The topological polar surface area (TPSA) is 59.4 Å². The monoisotopic (exact) mass is 174 g/mol. The highest BCUT2D eigenvalue weighted by molar-refractivity contribution is 5.97. The molecule has 1 aliphatic carbocycles. The van der Waals surface area contributed by atoms with Crippen molar-refractivity contribution < 1.29 is 4.79 Å². The Morgan fingerprint density at radius 2 is 2.15 bits per heavy atom. The zero-order valence-corrected chi connectivity index (χ0v) is 6.73. The van der Waals surface area contributed by atoms with Gasteiger partial charge in [-0.15, -0.1) is 4.91 Å². The SMILES string of the molecule is O=Nc1ccc2c(n1)C=CC(=O)C2. The predicted octanol–water partition coefficient (Wildman–Crippen LogP) is 1.62. The van der Waals surface area contributed by atoms with Crippen molar-refractivity contribution in [3.8, 4) is 0 Å². The number of rotatable bonds is 1. The molecule has 0 fully saturated rings. The molecule has 0 amide bonds. The smallest absolute Gasteiger partial charge is 0.197 e. The van der Waals surface area contributed by atoms with Crippen molar-refractivity contribution >= 4 is 17.7 Å². The molecule has 0 radical (unpaired) electrons. The lowest BCUT2D eigenvalue weighted by Gasteiger charge is -2.07. The van der Waals surface area contributed by atoms with Gasteiger partial charge in [0.05, 0.1) is 5.69 Å². The summed E-state index contributed by atoms with van der Waals surface area (Å²) in [5, 5.41) is 2.72. The van der Waals surface area contributed by atoms with E-state index in [-0.39, 0.29) is 11.6 Å². The summed E-state index contributed by atoms with van der Waals surface area (Å²) in [6.07, 6.45) is 3.43. The summed E-state index contributed by atoms with van der Waals surface area (Å²) >= 11 is 0. The van der Waals surface area contributed by atoms with Gasteiger partial charge < -0.3 is 0 Å². The molecule has 0 saturated carbocycles. The molecule has 4 nitrogen and oxygen atoms in total. The van der Waals surface area contributed by atoms with E-state index in [1.165, 1.54) is 12.1 Å². The number of allylic oxidation sites excluding steroid dienone is 1. The van der Waals surface area contributed by atoms with Crippen LogP contribution < -0.4 is 0 Å². The van der Waals surface area contributed by atoms with E-state index in [0.29, 0.717) is 12.1 Å². The maximum atomic E-state index is 11.0. The molecule has 0 aromatic carbocycles. The lowest BCUT2D eigenvalue weighted by atomic mass is 10.0. The Bertz CT molecular complexity index is 410. The van der Waals surface area contributed by atoms with Crippen molar-refractivity contribution in [2.75, 3.05) is 0 Å². The van der Waals surface area contributed by atoms with Crippen LogP contribution >= 0.6 is 0 Å². The highest BCUT2D eigenvalue weighted by Crippen LogP contribution is 2.18. The number of ketones is 1. The number of hydrogen-bond acceptors (Lipinski definition) is 4. The third-order valence-electron chi connectivity index (χ3n) is 1.88. The molecule has 1 aliphatic rings. The van der Waals surface area contributed by atoms with Crippen LogP contribution in [0, 0.1) is 4.91 Å². The normalized spacial score (nSPS) is 14.0. The van der Waals surface area contributed by atoms with Gasteiger partial charge in [-0.3, -0.25) is 4.79 Å². The summed E-state index contributed by atoms with van der Waals surface area (Å²) in [5.74, 6) is 0.207. The van der Waals surface area contributed by atoms with Crippen molar-refractivity contribution in [3.63, 3.8) is 0 Å². The van der Waals surface area contributed by atoms with Crippen LogP contribution in [0.3, 0.4) is 0 Å². The minimum Gasteiger partial charge on any atom is -0.294 e. The second-order valence-electron chi connectivity index (χ2n) is 2.78. The third-order valence-corrected chi connectivity index (χ3v) is 1.88. The average Bonchev–Trinajstić information content (AvgIpc) is 2.17. The maximum absolute atomic E-state index is 11.0. The van der Waals surface area contributed by atoms with E-state index in [4.69, 9.17) is 0 Å². The molecule has 4 heteroatoms. The minimum atomic E-state index is 0.0566. The Hall–Kier alpha value is -1.84. The summed E-state index contributed by atoms with van der Waals surface area (Å²) in [7, 11) is 0. The summed E-state index contributed by atoms with van der Waals surface area (Å²) in [6, 6.07) is 3.22. The van der Waals surface area contributed by atoms with Crippen LogP contribution in [0.5, 0.6) is 0 Å². The first-order valence-electron chi connectivity index (χ1n) is 3.84. The van der Waals surface area contributed by atoms with Crippen molar-refractivity contribution in [3.05, 3.63) is 34.4 Å². The molecular weight excluding hydrogens is 168 g/mol. The summed E-state index contributed by atoms with van der Waals surface area (Å²) in [4.78, 5) is 25.1. The molecule has 2 rings (SSSR count). The Morgan fingerprint density at radius 1 is 1.31 bits per heavy atom. The molecule has 0 N–H and O–H groups in total. The van der Waals surface area contributed by atoms with Crippen LogP contribution in [-0.4, -0.2) is 10.8 Å². The second-order valence-corrected chi connectivity index (χ2v) is 2.78. The number of nitroso groups, excluding NO2 is 1. The van der Waals surface area contributed by atoms with E-state index < -0.39 is 0 Å². The number of aromatic nitrogens is 1. The number of hydrogen-bond donors (Lipinski definition) is 0. The van der Waals surface area contributed by atoms with Gasteiger partial charge in [-0.25, -0.2) is 4.98 Å². The molecule has 0 unspecified atom stereocenters. The van der Waals surface area contributed by atoms with Gasteiger partial charge in [-0.05, 0) is 29.0 Å². The number of carbonyl (C=O) groups excluding carboxylic acids is 1. The Kier molecular flexibility index (Phi) is 1.73. The highest BCUT2D eigenvalue weighted by atomic mass is 16.3. The van der Waals surface area contributed by atoms with Crippen molar-refractivity contribution in [2.45, 2.75) is 6.42 Å². The number of pyridine rings is 1. The van der Waals surface area contributed by atoms with E-state index in [1.807, 2.05) is 0 Å². The Labute approximate surface area is 74.3 Å². The first-order valence-corrected chi connectivity index (χ1v) is 3.84. The molecule has 0 bridgehead atoms. The lowest BCUT2D eigenvalue weighted by molar-refractivity contribution is -0.114. The number of carbonyl (C=O) groups is 1. The van der Waals surface area contributed by atoms with Crippen molar-refractivity contribution in [1.29, 1.82) is 0 Å². The molecule has 0 aliphatic heterocycles. The highest BCUT2D eigenvalue weighted by Gasteiger charge is 2.11. The zero-order valence-electron chi connectivity index (χ0n) is 6.73. The van der Waals surface area contributed by atoms with Gasteiger partial charge in [0, 0.05) is 6.42 Å². The van der Waals surface area contributed by atoms with Crippen LogP contribution in [0.2, 0.25) is 0 Å². The molecule has 1 aromatic rings. The fourth-order valence-corrected chi connectivity index (χ4v) is 1.26. The third kappa shape index (κ3) is 1.38. The fourth-order valence-electron chi connectivity index (χ4n) is 1.26. The van der Waals surface area contributed by atoms with Crippen LogP contribution in [-0.2, 0) is 11.2 Å². The molecule has 1 aromatic heterocycles. The largest absolute Gasteiger partial charge is 0.294 e.